The fraction of sp³-hybridized carbons (Fsp3) is 0.125. The van der Waals surface area contributed by atoms with Crippen molar-refractivity contribution in [1.29, 1.82) is 0 Å². The summed E-state index contributed by atoms with van der Waals surface area (Å²) in [6, 6.07) is 13.6. The number of amides is 2. The molecule has 2 aromatic rings. The first-order valence-electron chi connectivity index (χ1n) is 7.05. The first-order chi connectivity index (χ1) is 11.4. The number of nitrogens with one attached hydrogen (secondary N) is 1. The third-order valence-corrected chi connectivity index (χ3v) is 6.17. The highest BCUT2D eigenvalue weighted by Gasteiger charge is 2.36. The van der Waals surface area contributed by atoms with Crippen molar-refractivity contribution in [1.82, 2.24) is 4.31 Å². The maximum atomic E-state index is 12.5. The zero-order chi connectivity index (χ0) is 17.3. The molecule has 0 radical (unpaired) electrons. The lowest BCUT2D eigenvalue weighted by Gasteiger charge is -2.27. The zero-order valence-electron chi connectivity index (χ0n) is 12.4. The van der Waals surface area contributed by atoms with E-state index in [2.05, 4.69) is 27.9 Å². The van der Waals surface area contributed by atoms with E-state index in [1.54, 1.807) is 36.4 Å². The van der Waals surface area contributed by atoms with E-state index < -0.39 is 28.4 Å². The lowest BCUT2D eigenvalue weighted by atomic mass is 10.1. The summed E-state index contributed by atoms with van der Waals surface area (Å²) in [5, 5.41) is 2.64. The maximum Gasteiger partial charge on any atom is 0.268 e. The quantitative estimate of drug-likeness (QED) is 0.719. The third kappa shape index (κ3) is 3.29. The number of carbonyl (C=O) groups excluding carboxylic acids is 2. The molecule has 0 unspecified atom stereocenters. The van der Waals surface area contributed by atoms with Crippen LogP contribution in [0.25, 0.3) is 0 Å². The van der Waals surface area contributed by atoms with Crippen LogP contribution in [0.4, 0.5) is 5.69 Å². The molecule has 1 aliphatic heterocycles. The second kappa shape index (κ2) is 6.52. The van der Waals surface area contributed by atoms with E-state index in [1.807, 2.05) is 12.1 Å². The van der Waals surface area contributed by atoms with E-state index in [9.17, 15) is 18.0 Å². The molecular formula is C16H13IN2O4S. The molecular weight excluding hydrogens is 443 g/mol. The first kappa shape index (κ1) is 16.9. The molecule has 0 aliphatic carbocycles. The molecule has 6 nitrogen and oxygen atoms in total. The second-order valence-corrected chi connectivity index (χ2v) is 8.31. The van der Waals surface area contributed by atoms with E-state index in [-0.39, 0.29) is 5.75 Å². The van der Waals surface area contributed by atoms with Crippen LogP contribution in [-0.4, -0.2) is 31.1 Å². The molecule has 8 heteroatoms. The summed E-state index contributed by atoms with van der Waals surface area (Å²) in [7, 11) is -3.86. The molecule has 0 spiro atoms. The van der Waals surface area contributed by atoms with Gasteiger partial charge in [0.15, 0.2) is 0 Å². The van der Waals surface area contributed by atoms with Crippen LogP contribution >= 0.6 is 22.6 Å². The predicted molar refractivity (Wildman–Crippen MR) is 97.9 cm³/mol. The Hall–Kier alpha value is -1.94. The summed E-state index contributed by atoms with van der Waals surface area (Å²) in [5.74, 6) is -1.52. The van der Waals surface area contributed by atoms with Crippen LogP contribution in [0.5, 0.6) is 0 Å². The number of carbonyl (C=O) groups is 2. The zero-order valence-corrected chi connectivity index (χ0v) is 15.4. The Balaban J connectivity index is 1.83. The van der Waals surface area contributed by atoms with Crippen LogP contribution in [0.3, 0.4) is 0 Å². The highest BCUT2D eigenvalue weighted by atomic mass is 127. The van der Waals surface area contributed by atoms with Gasteiger partial charge < -0.3 is 5.32 Å². The molecule has 1 N–H and O–H groups in total. The number of hydrogen-bond donors (Lipinski definition) is 1. The van der Waals surface area contributed by atoms with Gasteiger partial charge in [-0.1, -0.05) is 30.3 Å². The van der Waals surface area contributed by atoms with Gasteiger partial charge in [-0.2, -0.15) is 0 Å². The molecule has 3 rings (SSSR count). The topological polar surface area (TPSA) is 83.6 Å². The molecule has 0 aromatic heterocycles. The van der Waals surface area contributed by atoms with Crippen molar-refractivity contribution >= 4 is 50.1 Å². The molecule has 0 atom stereocenters. The second-order valence-electron chi connectivity index (χ2n) is 5.25. The van der Waals surface area contributed by atoms with E-state index >= 15 is 0 Å². The van der Waals surface area contributed by atoms with Crippen molar-refractivity contribution in [3.05, 3.63) is 63.2 Å². The highest BCUT2D eigenvalue weighted by Crippen LogP contribution is 2.24. The number of hydrogen-bond acceptors (Lipinski definition) is 4. The summed E-state index contributed by atoms with van der Waals surface area (Å²) >= 11 is 2.06. The Morgan fingerprint density at radius 3 is 2.54 bits per heavy atom. The largest absolute Gasteiger partial charge is 0.324 e. The van der Waals surface area contributed by atoms with Gasteiger partial charge in [0.05, 0.1) is 11.4 Å². The lowest BCUT2D eigenvalue weighted by molar-refractivity contribution is -0.116. The van der Waals surface area contributed by atoms with Gasteiger partial charge in [-0.25, -0.2) is 12.7 Å². The molecule has 24 heavy (non-hydrogen) atoms. The van der Waals surface area contributed by atoms with Crippen LogP contribution in [0.2, 0.25) is 0 Å². The Bertz CT molecular complexity index is 927. The Kier molecular flexibility index (Phi) is 4.59. The van der Waals surface area contributed by atoms with Gasteiger partial charge >= 0.3 is 0 Å². The van der Waals surface area contributed by atoms with E-state index in [0.717, 1.165) is 3.57 Å². The van der Waals surface area contributed by atoms with Crippen molar-refractivity contribution in [2.45, 2.75) is 5.75 Å². The predicted octanol–water partition coefficient (Wildman–Crippen LogP) is 2.22. The standard InChI is InChI=1S/C16H13IN2O4S/c17-13-7-3-4-8-14(13)18-15(20)9-19-16(21)12-6-2-1-5-11(12)10-24(19,22)23/h1-8H,9-10H2,(H,18,20). The number of sulfonamides is 1. The molecule has 0 fully saturated rings. The lowest BCUT2D eigenvalue weighted by Crippen LogP contribution is -2.45. The Labute approximate surface area is 153 Å². The minimum absolute atomic E-state index is 0.287. The van der Waals surface area contributed by atoms with Gasteiger partial charge in [-0.3, -0.25) is 9.59 Å². The molecule has 1 heterocycles. The van der Waals surface area contributed by atoms with Crippen molar-refractivity contribution in [2.24, 2.45) is 0 Å². The monoisotopic (exact) mass is 456 g/mol. The number of anilines is 1. The molecule has 0 bridgehead atoms. The minimum Gasteiger partial charge on any atom is -0.324 e. The molecule has 124 valence electrons. The number of halogens is 1. The fourth-order valence-corrected chi connectivity index (χ4v) is 4.43. The molecule has 2 amide bonds. The number of fused-ring (bicyclic) bond motifs is 1. The smallest absolute Gasteiger partial charge is 0.268 e. The van der Waals surface area contributed by atoms with Crippen LogP contribution < -0.4 is 5.32 Å². The van der Waals surface area contributed by atoms with E-state index in [1.165, 1.54) is 0 Å². The molecule has 0 saturated carbocycles. The van der Waals surface area contributed by atoms with Crippen LogP contribution in [0.15, 0.2) is 48.5 Å². The summed E-state index contributed by atoms with van der Waals surface area (Å²) in [6.45, 7) is -0.541. The molecule has 2 aromatic carbocycles. The molecule has 1 aliphatic rings. The van der Waals surface area contributed by atoms with E-state index in [4.69, 9.17) is 0 Å². The van der Waals surface area contributed by atoms with Crippen molar-refractivity contribution in [3.63, 3.8) is 0 Å². The van der Waals surface area contributed by atoms with Crippen molar-refractivity contribution < 1.29 is 18.0 Å². The summed E-state index contributed by atoms with van der Waals surface area (Å²) < 4.78 is 26.1. The summed E-state index contributed by atoms with van der Waals surface area (Å²) in [5.41, 5.74) is 1.34. The van der Waals surface area contributed by atoms with Crippen LogP contribution in [-0.2, 0) is 20.6 Å². The van der Waals surface area contributed by atoms with Gasteiger partial charge in [0.2, 0.25) is 15.9 Å². The third-order valence-electron chi connectivity index (χ3n) is 3.58. The number of rotatable bonds is 3. The summed E-state index contributed by atoms with van der Waals surface area (Å²) in [4.78, 5) is 24.7. The summed E-state index contributed by atoms with van der Waals surface area (Å²) in [6.07, 6.45) is 0. The Morgan fingerprint density at radius 1 is 1.12 bits per heavy atom. The van der Waals surface area contributed by atoms with Gasteiger partial charge in [-0.15, -0.1) is 0 Å². The molecule has 0 saturated heterocycles. The van der Waals surface area contributed by atoms with Gasteiger partial charge in [0.1, 0.15) is 6.54 Å². The first-order valence-corrected chi connectivity index (χ1v) is 9.74. The average molecular weight is 456 g/mol. The number of nitrogens with zero attached hydrogens (tertiary/aromatic N) is 1. The number of benzene rings is 2. The number of para-hydroxylation sites is 1. The average Bonchev–Trinajstić information content (AvgIpc) is 2.53. The van der Waals surface area contributed by atoms with Crippen LogP contribution in [0.1, 0.15) is 15.9 Å². The van der Waals surface area contributed by atoms with Crippen LogP contribution in [0, 0.1) is 3.57 Å². The van der Waals surface area contributed by atoms with Crippen molar-refractivity contribution in [2.75, 3.05) is 11.9 Å². The minimum atomic E-state index is -3.86. The van der Waals surface area contributed by atoms with Crippen molar-refractivity contribution in [3.8, 4) is 0 Å². The van der Waals surface area contributed by atoms with Gasteiger partial charge in [-0.05, 0) is 46.4 Å². The van der Waals surface area contributed by atoms with E-state index in [0.29, 0.717) is 21.1 Å². The van der Waals surface area contributed by atoms with Gasteiger partial charge in [0.25, 0.3) is 5.91 Å². The SMILES string of the molecule is O=C(CN1C(=O)c2ccccc2CS1(=O)=O)Nc1ccccc1I. The fourth-order valence-electron chi connectivity index (χ4n) is 2.44. The van der Waals surface area contributed by atoms with Gasteiger partial charge in [0, 0.05) is 9.13 Å². The normalized spacial score (nSPS) is 15.7. The Morgan fingerprint density at radius 2 is 1.79 bits per heavy atom. The maximum absolute atomic E-state index is 12.5. The highest BCUT2D eigenvalue weighted by molar-refractivity contribution is 14.1.